The molecule has 0 aliphatic carbocycles. The summed E-state index contributed by atoms with van der Waals surface area (Å²) >= 11 is 0. The van der Waals surface area contributed by atoms with Gasteiger partial charge in [0.2, 0.25) is 5.91 Å². The Bertz CT molecular complexity index is 1060. The zero-order valence-electron chi connectivity index (χ0n) is 14.7. The number of fused-ring (bicyclic) bond motifs is 1. The van der Waals surface area contributed by atoms with E-state index in [0.29, 0.717) is 22.3 Å². The van der Waals surface area contributed by atoms with Gasteiger partial charge in [-0.1, -0.05) is 12.1 Å². The van der Waals surface area contributed by atoms with E-state index in [2.05, 4.69) is 15.6 Å². The van der Waals surface area contributed by atoms with Crippen molar-refractivity contribution >= 4 is 34.2 Å². The number of amides is 3. The minimum Gasteiger partial charge on any atom is -0.351 e. The van der Waals surface area contributed by atoms with E-state index in [1.807, 2.05) is 19.1 Å². The molecule has 0 radical (unpaired) electrons. The molecule has 27 heavy (non-hydrogen) atoms. The molecule has 8 heteroatoms. The second-order valence-corrected chi connectivity index (χ2v) is 6.08. The van der Waals surface area contributed by atoms with Crippen LogP contribution in [0.2, 0.25) is 0 Å². The number of nitrogens with two attached hydrogens (primary N) is 1. The average molecular weight is 365 g/mol. The van der Waals surface area contributed by atoms with E-state index in [1.165, 1.54) is 10.9 Å². The molecule has 0 unspecified atom stereocenters. The van der Waals surface area contributed by atoms with Gasteiger partial charge in [0.1, 0.15) is 0 Å². The summed E-state index contributed by atoms with van der Waals surface area (Å²) in [5.74, 6) is -0.234. The Kier molecular flexibility index (Phi) is 5.16. The Morgan fingerprint density at radius 3 is 2.41 bits per heavy atom. The van der Waals surface area contributed by atoms with Crippen molar-refractivity contribution in [2.24, 2.45) is 5.73 Å². The van der Waals surface area contributed by atoms with Gasteiger partial charge in [-0.05, 0) is 42.8 Å². The topological polar surface area (TPSA) is 119 Å². The van der Waals surface area contributed by atoms with Crippen LogP contribution in [0.5, 0.6) is 0 Å². The highest BCUT2D eigenvalue weighted by atomic mass is 16.2. The molecule has 3 rings (SSSR count). The van der Waals surface area contributed by atoms with E-state index >= 15 is 0 Å². The highest BCUT2D eigenvalue weighted by molar-refractivity contribution is 5.92. The molecule has 0 bridgehead atoms. The summed E-state index contributed by atoms with van der Waals surface area (Å²) in [6, 6.07) is 11.3. The molecule has 1 aromatic heterocycles. The van der Waals surface area contributed by atoms with Crippen LogP contribution in [0.25, 0.3) is 10.9 Å². The van der Waals surface area contributed by atoms with E-state index in [-0.39, 0.29) is 24.4 Å². The smallest absolute Gasteiger partial charge is 0.316 e. The van der Waals surface area contributed by atoms with Gasteiger partial charge >= 0.3 is 6.03 Å². The highest BCUT2D eigenvalue weighted by Gasteiger charge is 2.08. The number of benzene rings is 2. The summed E-state index contributed by atoms with van der Waals surface area (Å²) in [7, 11) is 0. The molecule has 0 aliphatic heterocycles. The number of aromatic nitrogens is 2. The van der Waals surface area contributed by atoms with Gasteiger partial charge in [-0.25, -0.2) is 9.78 Å². The first-order valence-corrected chi connectivity index (χ1v) is 8.35. The molecule has 0 saturated heterocycles. The zero-order valence-corrected chi connectivity index (χ0v) is 14.7. The number of hydrogen-bond acceptors (Lipinski definition) is 4. The maximum Gasteiger partial charge on any atom is 0.316 e. The van der Waals surface area contributed by atoms with Gasteiger partial charge in [0, 0.05) is 24.3 Å². The fourth-order valence-corrected chi connectivity index (χ4v) is 2.72. The van der Waals surface area contributed by atoms with Crippen LogP contribution >= 0.6 is 0 Å². The number of urea groups is 1. The third-order valence-electron chi connectivity index (χ3n) is 4.07. The van der Waals surface area contributed by atoms with Crippen LogP contribution in [0.15, 0.2) is 53.6 Å². The van der Waals surface area contributed by atoms with Gasteiger partial charge in [0.25, 0.3) is 5.56 Å². The fraction of sp³-hybridized carbons (Fsp3) is 0.158. The predicted octanol–water partition coefficient (Wildman–Crippen LogP) is 2.22. The molecule has 2 aromatic carbocycles. The molecule has 1 heterocycles. The Hall–Kier alpha value is -3.68. The third kappa shape index (κ3) is 4.30. The van der Waals surface area contributed by atoms with Crippen LogP contribution in [0.3, 0.4) is 0 Å². The molecule has 3 amide bonds. The number of para-hydroxylation sites is 1. The number of anilines is 2. The molecule has 0 aliphatic rings. The second kappa shape index (κ2) is 7.69. The van der Waals surface area contributed by atoms with Gasteiger partial charge < -0.3 is 16.4 Å². The lowest BCUT2D eigenvalue weighted by molar-refractivity contribution is -0.116. The number of rotatable bonds is 5. The molecule has 0 fully saturated rings. The van der Waals surface area contributed by atoms with Crippen LogP contribution in [0, 0.1) is 6.92 Å². The van der Waals surface area contributed by atoms with Crippen LogP contribution < -0.4 is 21.9 Å². The first-order valence-electron chi connectivity index (χ1n) is 8.35. The molecule has 138 valence electrons. The van der Waals surface area contributed by atoms with E-state index < -0.39 is 6.03 Å². The Morgan fingerprint density at radius 2 is 1.74 bits per heavy atom. The molecule has 8 nitrogen and oxygen atoms in total. The van der Waals surface area contributed by atoms with Gasteiger partial charge in [-0.15, -0.1) is 0 Å². The number of carbonyl (C=O) groups excluding carboxylic acids is 2. The molecular formula is C19H19N5O3. The normalized spacial score (nSPS) is 10.6. The number of aryl methyl sites for hydroxylation is 2. The summed E-state index contributed by atoms with van der Waals surface area (Å²) in [5, 5.41) is 5.72. The highest BCUT2D eigenvalue weighted by Crippen LogP contribution is 2.14. The maximum atomic E-state index is 12.5. The van der Waals surface area contributed by atoms with Crippen LogP contribution in [0.4, 0.5) is 16.2 Å². The molecule has 4 N–H and O–H groups in total. The van der Waals surface area contributed by atoms with Crippen molar-refractivity contribution in [1.29, 1.82) is 0 Å². The summed E-state index contributed by atoms with van der Waals surface area (Å²) in [6.07, 6.45) is 1.59. The number of hydrogen-bond donors (Lipinski definition) is 3. The summed E-state index contributed by atoms with van der Waals surface area (Å²) in [4.78, 5) is 39.8. The van der Waals surface area contributed by atoms with Crippen LogP contribution in [-0.2, 0) is 11.3 Å². The fourth-order valence-electron chi connectivity index (χ4n) is 2.72. The largest absolute Gasteiger partial charge is 0.351 e. The molecular weight excluding hydrogens is 346 g/mol. The first-order chi connectivity index (χ1) is 12.9. The number of nitrogens with zero attached hydrogens (tertiary/aromatic N) is 2. The molecule has 3 aromatic rings. The van der Waals surface area contributed by atoms with Crippen molar-refractivity contribution in [3.63, 3.8) is 0 Å². The van der Waals surface area contributed by atoms with E-state index in [4.69, 9.17) is 5.73 Å². The van der Waals surface area contributed by atoms with Crippen molar-refractivity contribution in [2.75, 3.05) is 10.6 Å². The van der Waals surface area contributed by atoms with Crippen molar-refractivity contribution in [1.82, 2.24) is 9.55 Å². The van der Waals surface area contributed by atoms with Crippen LogP contribution in [-0.4, -0.2) is 21.5 Å². The van der Waals surface area contributed by atoms with Gasteiger partial charge in [-0.3, -0.25) is 14.2 Å². The van der Waals surface area contributed by atoms with Gasteiger partial charge in [0.15, 0.2) is 0 Å². The van der Waals surface area contributed by atoms with Gasteiger partial charge in [0.05, 0.1) is 17.2 Å². The monoisotopic (exact) mass is 365 g/mol. The summed E-state index contributed by atoms with van der Waals surface area (Å²) in [5.41, 5.74) is 7.59. The lowest BCUT2D eigenvalue weighted by Crippen LogP contribution is -2.24. The number of nitrogens with one attached hydrogen (secondary N) is 2. The van der Waals surface area contributed by atoms with Crippen LogP contribution in [0.1, 0.15) is 12.0 Å². The second-order valence-electron chi connectivity index (χ2n) is 6.08. The molecule has 0 atom stereocenters. The predicted molar refractivity (Wildman–Crippen MR) is 104 cm³/mol. The standard InChI is InChI=1S/C19H19N5O3/c1-12-3-2-4-15-17(12)21-11-24(18(15)26)10-9-16(25)22-13-5-7-14(8-6-13)23-19(20)27/h2-8,11H,9-10H2,1H3,(H,22,25)(H3,20,23,27). The summed E-state index contributed by atoms with van der Waals surface area (Å²) < 4.78 is 1.43. The maximum absolute atomic E-state index is 12.5. The van der Waals surface area contributed by atoms with E-state index in [9.17, 15) is 14.4 Å². The lowest BCUT2D eigenvalue weighted by Gasteiger charge is -2.09. The first kappa shape index (κ1) is 18.1. The summed E-state index contributed by atoms with van der Waals surface area (Å²) in [6.45, 7) is 2.12. The zero-order chi connectivity index (χ0) is 19.4. The Labute approximate surface area is 155 Å². The Balaban J connectivity index is 1.64. The Morgan fingerprint density at radius 1 is 1.07 bits per heavy atom. The average Bonchev–Trinajstić information content (AvgIpc) is 2.63. The quantitative estimate of drug-likeness (QED) is 0.642. The van der Waals surface area contributed by atoms with Crippen molar-refractivity contribution in [2.45, 2.75) is 19.9 Å². The van der Waals surface area contributed by atoms with E-state index in [0.717, 1.165) is 5.56 Å². The molecule has 0 saturated carbocycles. The van der Waals surface area contributed by atoms with Gasteiger partial charge in [-0.2, -0.15) is 0 Å². The third-order valence-corrected chi connectivity index (χ3v) is 4.07. The van der Waals surface area contributed by atoms with Crippen molar-refractivity contribution < 1.29 is 9.59 Å². The number of primary amides is 1. The minimum atomic E-state index is -0.656. The SMILES string of the molecule is Cc1cccc2c(=O)n(CCC(=O)Nc3ccc(NC(N)=O)cc3)cnc12. The molecule has 0 spiro atoms. The minimum absolute atomic E-state index is 0.125. The van der Waals surface area contributed by atoms with Crippen molar-refractivity contribution in [3.8, 4) is 0 Å². The van der Waals surface area contributed by atoms with E-state index in [1.54, 1.807) is 30.3 Å². The van der Waals surface area contributed by atoms with Crippen molar-refractivity contribution in [3.05, 3.63) is 64.7 Å². The lowest BCUT2D eigenvalue weighted by atomic mass is 10.1. The number of carbonyl (C=O) groups is 2.